The molecule has 9 heterocycles. The Bertz CT molecular complexity index is 2700. The summed E-state index contributed by atoms with van der Waals surface area (Å²) in [5.74, 6) is 0. The second kappa shape index (κ2) is 13.4. The van der Waals surface area contributed by atoms with E-state index in [0.29, 0.717) is 0 Å². The number of nitrogens with zero attached hydrogens (tertiary/aromatic N) is 6. The van der Waals surface area contributed by atoms with Crippen molar-refractivity contribution in [2.45, 2.75) is 0 Å². The van der Waals surface area contributed by atoms with Gasteiger partial charge in [-0.25, -0.2) is 23.7 Å². The van der Waals surface area contributed by atoms with E-state index >= 15 is 0 Å². The number of aromatic amines is 2. The van der Waals surface area contributed by atoms with Crippen LogP contribution in [-0.2, 0) is 38.2 Å². The summed E-state index contributed by atoms with van der Waals surface area (Å²) in [6.45, 7) is 0. The molecular weight excluding hydrogens is 683 g/mol. The van der Waals surface area contributed by atoms with Crippen molar-refractivity contribution in [1.29, 1.82) is 0 Å². The normalized spacial score (nSPS) is 11.8. The first kappa shape index (κ1) is 32.9. The molecule has 0 unspecified atom stereocenters. The van der Waals surface area contributed by atoms with Gasteiger partial charge in [0.2, 0.25) is 17.1 Å². The number of aromatic nitrogens is 8. The van der Waals surface area contributed by atoms with E-state index in [9.17, 15) is 0 Å². The van der Waals surface area contributed by atoms with Gasteiger partial charge in [0.1, 0.15) is 21.1 Å². The fraction of sp³-hybridized carbons (Fsp3) is 0.0698. The third-order valence-corrected chi connectivity index (χ3v) is 9.61. The number of hydrogen-bond donors (Lipinski definition) is 2. The number of rotatable bonds is 4. The molecule has 0 aliphatic carbocycles. The van der Waals surface area contributed by atoms with Crippen LogP contribution in [0.2, 0.25) is 0 Å². The Morgan fingerprint density at radius 1 is 0.423 bits per heavy atom. The maximum Gasteiger partial charge on any atom is 0.216 e. The summed E-state index contributed by atoms with van der Waals surface area (Å²) >= 11 is 0. The number of fused-ring (bicyclic) bond motifs is 8. The number of hydrogen-bond acceptors (Lipinski definition) is 3. The van der Waals surface area contributed by atoms with E-state index < -0.39 is 0 Å². The Labute approximate surface area is 311 Å². The molecule has 9 rings (SSSR count). The molecule has 8 bridgehead atoms. The summed E-state index contributed by atoms with van der Waals surface area (Å²) in [6, 6.07) is 33.3. The van der Waals surface area contributed by atoms with Crippen molar-refractivity contribution in [3.63, 3.8) is 0 Å². The molecule has 7 aromatic heterocycles. The minimum Gasteiger partial charge on any atom is -0.354 e. The molecule has 52 heavy (non-hydrogen) atoms. The smallest absolute Gasteiger partial charge is 0.216 e. The van der Waals surface area contributed by atoms with Gasteiger partial charge in [0.15, 0.2) is 18.6 Å². The Hall–Kier alpha value is -6.28. The molecule has 0 atom stereocenters. The minimum absolute atomic E-state index is 0. The predicted molar refractivity (Wildman–Crippen MR) is 202 cm³/mol. The molecule has 9 heteroatoms. The van der Waals surface area contributed by atoms with Crippen LogP contribution >= 0.6 is 0 Å². The standard InChI is InChI=1S/C43H34N8.Mn/c1-49-25-9-5-13-37(49)41-31-18-16-29(45-31)40(28-12-4-8-24-44-28)30-17-19-32(46-30)42(38-14-6-10-26-50(38)2)34-21-23-36(48-34)43(35-22-20-33(41)47-35)39-15-7-11-27-51(39)3;/h4-27H,1-3H3,(H,45,46,47,48);/q+2;/p+1. The molecule has 2 aliphatic rings. The van der Waals surface area contributed by atoms with Crippen LogP contribution in [0.3, 0.4) is 0 Å². The Morgan fingerprint density at radius 3 is 1.15 bits per heavy atom. The van der Waals surface area contributed by atoms with Crippen LogP contribution in [0.5, 0.6) is 0 Å². The zero-order valence-corrected chi connectivity index (χ0v) is 30.1. The second-order valence-electron chi connectivity index (χ2n) is 12.8. The van der Waals surface area contributed by atoms with Gasteiger partial charge in [0.25, 0.3) is 0 Å². The summed E-state index contributed by atoms with van der Waals surface area (Å²) in [6.07, 6.45) is 16.5. The Morgan fingerprint density at radius 2 is 0.788 bits per heavy atom. The van der Waals surface area contributed by atoms with Gasteiger partial charge in [-0.1, -0.05) is 6.07 Å². The van der Waals surface area contributed by atoms with E-state index in [-0.39, 0.29) is 17.1 Å². The van der Waals surface area contributed by atoms with Crippen LogP contribution in [0.1, 0.15) is 22.8 Å². The van der Waals surface area contributed by atoms with E-state index in [1.165, 1.54) is 0 Å². The van der Waals surface area contributed by atoms with E-state index in [0.717, 1.165) is 89.9 Å². The molecule has 8 nitrogen and oxygen atoms in total. The quantitative estimate of drug-likeness (QED) is 0.149. The van der Waals surface area contributed by atoms with Crippen molar-refractivity contribution >= 4 is 46.4 Å². The average Bonchev–Trinajstić information content (AvgIpc) is 3.99. The molecule has 1 radical (unpaired) electrons. The van der Waals surface area contributed by atoms with Gasteiger partial charge in [-0.05, 0) is 78.9 Å². The van der Waals surface area contributed by atoms with Crippen molar-refractivity contribution in [2.24, 2.45) is 21.1 Å². The van der Waals surface area contributed by atoms with Crippen molar-refractivity contribution in [2.75, 3.05) is 0 Å². The minimum atomic E-state index is 0. The molecule has 0 spiro atoms. The monoisotopic (exact) mass is 718 g/mol. The number of pyridine rings is 4. The van der Waals surface area contributed by atoms with Gasteiger partial charge >= 0.3 is 0 Å². The fourth-order valence-corrected chi connectivity index (χ4v) is 7.14. The van der Waals surface area contributed by atoms with E-state index in [4.69, 9.17) is 15.0 Å². The van der Waals surface area contributed by atoms with Crippen LogP contribution in [0.25, 0.3) is 91.4 Å². The van der Waals surface area contributed by atoms with Crippen molar-refractivity contribution in [1.82, 2.24) is 24.9 Å². The molecule has 0 saturated heterocycles. The van der Waals surface area contributed by atoms with Gasteiger partial charge in [-0.15, -0.1) is 0 Å². The van der Waals surface area contributed by atoms with Gasteiger partial charge < -0.3 is 9.97 Å². The van der Waals surface area contributed by atoms with Crippen LogP contribution in [0.4, 0.5) is 0 Å². The number of nitrogens with one attached hydrogen (secondary N) is 2. The average molecular weight is 719 g/mol. The third kappa shape index (κ3) is 5.66. The SMILES string of the molecule is C[n+]1ccccc1-c1c2nc(c(-c3cccc[n+]3C)c3ccc([nH]3)c(-c3cccc[n+]3C)c3nc(c(-c4ccccn4)c4ccc1[nH]4)C=C3)C=C2.[Mn]. The Kier molecular flexibility index (Phi) is 8.51. The predicted octanol–water partition coefficient (Wildman–Crippen LogP) is 7.19. The van der Waals surface area contributed by atoms with Crippen molar-refractivity contribution < 1.29 is 30.8 Å². The van der Waals surface area contributed by atoms with Gasteiger partial charge in [0.05, 0.1) is 67.2 Å². The summed E-state index contributed by atoms with van der Waals surface area (Å²) in [5, 5.41) is 0. The first-order chi connectivity index (χ1) is 25.0. The van der Waals surface area contributed by atoms with Crippen molar-refractivity contribution in [3.8, 4) is 45.0 Å². The van der Waals surface area contributed by atoms with Gasteiger partial charge in [-0.3, -0.25) is 4.98 Å². The van der Waals surface area contributed by atoms with Crippen LogP contribution < -0.4 is 13.7 Å². The second-order valence-corrected chi connectivity index (χ2v) is 12.8. The molecule has 0 aromatic carbocycles. The first-order valence-electron chi connectivity index (χ1n) is 17.0. The molecule has 2 N–H and O–H groups in total. The Balaban J connectivity index is 0.00000387. The molecule has 0 amide bonds. The molecular formula is C43H35MnN8+3. The summed E-state index contributed by atoms with van der Waals surface area (Å²) in [5.41, 5.74) is 15.1. The van der Waals surface area contributed by atoms with Crippen molar-refractivity contribution in [3.05, 3.63) is 145 Å². The third-order valence-electron chi connectivity index (χ3n) is 9.61. The van der Waals surface area contributed by atoms with Crippen LogP contribution in [0.15, 0.2) is 122 Å². The summed E-state index contributed by atoms with van der Waals surface area (Å²) < 4.78 is 6.41. The zero-order chi connectivity index (χ0) is 34.5. The summed E-state index contributed by atoms with van der Waals surface area (Å²) in [7, 11) is 6.21. The zero-order valence-electron chi connectivity index (χ0n) is 28.9. The largest absolute Gasteiger partial charge is 0.354 e. The number of H-pyrrole nitrogens is 2. The van der Waals surface area contributed by atoms with E-state index in [2.05, 4.69) is 148 Å². The first-order valence-corrected chi connectivity index (χ1v) is 17.0. The molecule has 0 saturated carbocycles. The molecule has 7 aromatic rings. The van der Waals surface area contributed by atoms with E-state index in [1.807, 2.05) is 42.6 Å². The number of aryl methyl sites for hydroxylation is 3. The van der Waals surface area contributed by atoms with Crippen LogP contribution in [-0.4, -0.2) is 24.9 Å². The topological polar surface area (TPSA) is 81.9 Å². The molecule has 251 valence electrons. The van der Waals surface area contributed by atoms with Crippen LogP contribution in [0, 0.1) is 0 Å². The maximum atomic E-state index is 5.40. The maximum absolute atomic E-state index is 5.40. The molecule has 0 fully saturated rings. The van der Waals surface area contributed by atoms with Gasteiger partial charge in [0, 0.05) is 65.2 Å². The van der Waals surface area contributed by atoms with E-state index in [1.54, 1.807) is 0 Å². The summed E-state index contributed by atoms with van der Waals surface area (Å²) in [4.78, 5) is 23.2. The van der Waals surface area contributed by atoms with Gasteiger partial charge in [-0.2, -0.15) is 0 Å². The molecule has 2 aliphatic heterocycles. The fourth-order valence-electron chi connectivity index (χ4n) is 7.14.